The average Bonchev–Trinajstić information content (AvgIpc) is 3.87. The number of nitrogens with zero attached hydrogens (tertiary/aromatic N) is 4. The van der Waals surface area contributed by atoms with Crippen LogP contribution in [0.3, 0.4) is 0 Å². The first-order chi connectivity index (χ1) is 33.3. The minimum Gasteiger partial charge on any atom is -0.307 e. The molecule has 0 aliphatic carbocycles. The van der Waals surface area contributed by atoms with Gasteiger partial charge in [0.15, 0.2) is 0 Å². The Balaban J connectivity index is 1.18. The summed E-state index contributed by atoms with van der Waals surface area (Å²) in [5.74, 6) is 0. The monoisotopic (exact) mass is 870 g/mol. The molecule has 0 saturated carbocycles. The zero-order chi connectivity index (χ0) is 46.0. The van der Waals surface area contributed by atoms with Crippen molar-refractivity contribution < 1.29 is 0 Å². The number of hydrogen-bond donors (Lipinski definition) is 0. The summed E-state index contributed by atoms with van der Waals surface area (Å²) in [6, 6.07) is 72.8. The molecule has 3 aromatic heterocycles. The zero-order valence-corrected chi connectivity index (χ0v) is 38.4. The van der Waals surface area contributed by atoms with E-state index in [0.29, 0.717) is 5.56 Å². The van der Waals surface area contributed by atoms with Crippen molar-refractivity contribution >= 4 is 43.6 Å². The molecule has 0 bridgehead atoms. The second-order valence-electron chi connectivity index (χ2n) is 18.3. The predicted molar refractivity (Wildman–Crippen MR) is 284 cm³/mol. The summed E-state index contributed by atoms with van der Waals surface area (Å²) < 4.78 is 4.73. The van der Waals surface area contributed by atoms with Crippen LogP contribution in [0.4, 0.5) is 0 Å². The SMILES string of the molecule is Cc1cccc(-c2ccc3c(c2)c2cc(-c4cccc(C)c4)ccc2n3-c2cncc(-n3c4ccc(-c5cccc(C)c5)cc4c4cc(-c5cccc(C)c5)ccc43)c2-c2ccccc2C#N)c1. The van der Waals surface area contributed by atoms with Gasteiger partial charge in [-0.3, -0.25) is 4.98 Å². The Labute approximate surface area is 396 Å². The molecule has 0 unspecified atom stereocenters. The highest BCUT2D eigenvalue weighted by Gasteiger charge is 2.25. The molecule has 322 valence electrons. The molecule has 0 amide bonds. The molecule has 9 aromatic carbocycles. The Morgan fingerprint density at radius 3 is 1.00 bits per heavy atom. The van der Waals surface area contributed by atoms with Crippen molar-refractivity contribution in [2.24, 2.45) is 0 Å². The van der Waals surface area contributed by atoms with Crippen LogP contribution in [0, 0.1) is 39.0 Å². The van der Waals surface area contributed by atoms with E-state index >= 15 is 0 Å². The molecule has 0 N–H and O–H groups in total. The van der Waals surface area contributed by atoms with E-state index in [1.54, 1.807) is 0 Å². The van der Waals surface area contributed by atoms with Gasteiger partial charge in [0.25, 0.3) is 0 Å². The summed E-state index contributed by atoms with van der Waals surface area (Å²) in [6.45, 7) is 8.58. The van der Waals surface area contributed by atoms with Gasteiger partial charge in [-0.2, -0.15) is 5.26 Å². The van der Waals surface area contributed by atoms with E-state index in [1.807, 2.05) is 30.6 Å². The molecule has 4 nitrogen and oxygen atoms in total. The number of aromatic nitrogens is 3. The van der Waals surface area contributed by atoms with E-state index < -0.39 is 0 Å². The predicted octanol–water partition coefficient (Wildman–Crippen LogP) is 16.7. The van der Waals surface area contributed by atoms with E-state index in [2.05, 4.69) is 219 Å². The third-order valence-electron chi connectivity index (χ3n) is 13.6. The van der Waals surface area contributed by atoms with Crippen molar-refractivity contribution in [1.29, 1.82) is 5.26 Å². The molecule has 0 spiro atoms. The van der Waals surface area contributed by atoms with Crippen molar-refractivity contribution in [3.8, 4) is 73.1 Å². The summed E-state index contributed by atoms with van der Waals surface area (Å²) in [5.41, 5.74) is 22.6. The number of fused-ring (bicyclic) bond motifs is 6. The lowest BCUT2D eigenvalue weighted by Gasteiger charge is -2.20. The normalized spacial score (nSPS) is 11.5. The van der Waals surface area contributed by atoms with Crippen LogP contribution in [0.1, 0.15) is 27.8 Å². The van der Waals surface area contributed by atoms with Gasteiger partial charge in [-0.1, -0.05) is 162 Å². The van der Waals surface area contributed by atoms with Crippen LogP contribution in [-0.4, -0.2) is 14.1 Å². The Kier molecular flexibility index (Phi) is 9.74. The second-order valence-corrected chi connectivity index (χ2v) is 18.3. The average molecular weight is 871 g/mol. The molecule has 0 aliphatic heterocycles. The number of aryl methyl sites for hydroxylation is 4. The van der Waals surface area contributed by atoms with E-state index in [-0.39, 0.29) is 0 Å². The molecule has 68 heavy (non-hydrogen) atoms. The van der Waals surface area contributed by atoms with Gasteiger partial charge in [-0.25, -0.2) is 0 Å². The maximum absolute atomic E-state index is 10.9. The fourth-order valence-corrected chi connectivity index (χ4v) is 10.4. The van der Waals surface area contributed by atoms with Gasteiger partial charge in [0.05, 0.1) is 57.5 Å². The zero-order valence-electron chi connectivity index (χ0n) is 38.4. The summed E-state index contributed by atoms with van der Waals surface area (Å²) in [6.07, 6.45) is 3.96. The summed E-state index contributed by atoms with van der Waals surface area (Å²) in [7, 11) is 0. The highest BCUT2D eigenvalue weighted by molar-refractivity contribution is 6.14. The van der Waals surface area contributed by atoms with Crippen LogP contribution in [0.25, 0.3) is 111 Å². The van der Waals surface area contributed by atoms with Gasteiger partial charge in [0.2, 0.25) is 0 Å². The molecule has 3 heterocycles. The largest absolute Gasteiger partial charge is 0.307 e. The molecule has 0 saturated heterocycles. The van der Waals surface area contributed by atoms with Gasteiger partial charge in [-0.05, 0) is 127 Å². The number of rotatable bonds is 7. The number of nitriles is 1. The number of pyridine rings is 1. The van der Waals surface area contributed by atoms with Crippen LogP contribution in [0.15, 0.2) is 207 Å². The molecular weight excluding hydrogens is 825 g/mol. The standard InChI is InChI=1S/C64H46N4/c1-40-11-7-16-44(29-40)48-21-25-58-54(33-48)55-34-49(45-17-8-12-41(2)30-45)22-26-59(55)67(58)62-38-66-39-63(64(62)53-20-6-5-15-52(53)37-65)68-60-27-23-50(46-18-9-13-42(3)31-46)35-56(60)57-36-51(24-28-61(57)68)47-19-10-14-43(4)32-47/h5-36,38-39H,1-4H3. The maximum atomic E-state index is 10.9. The smallest absolute Gasteiger partial charge is 0.0998 e. The highest BCUT2D eigenvalue weighted by Crippen LogP contribution is 2.45. The third kappa shape index (κ3) is 6.87. The van der Waals surface area contributed by atoms with Crippen molar-refractivity contribution in [2.45, 2.75) is 27.7 Å². The molecule has 12 rings (SSSR count). The maximum Gasteiger partial charge on any atom is 0.0998 e. The lowest BCUT2D eigenvalue weighted by molar-refractivity contribution is 1.09. The lowest BCUT2D eigenvalue weighted by atomic mass is 9.97. The summed E-state index contributed by atoms with van der Waals surface area (Å²) in [4.78, 5) is 5.14. The number of hydrogen-bond acceptors (Lipinski definition) is 2. The van der Waals surface area contributed by atoms with E-state index in [1.165, 1.54) is 44.5 Å². The minimum absolute atomic E-state index is 0.592. The molecular formula is C64H46N4. The van der Waals surface area contributed by atoms with Crippen LogP contribution in [0.2, 0.25) is 0 Å². The van der Waals surface area contributed by atoms with E-state index in [9.17, 15) is 5.26 Å². The molecule has 12 aromatic rings. The highest BCUT2D eigenvalue weighted by atomic mass is 15.0. The Morgan fingerprint density at radius 1 is 0.353 bits per heavy atom. The van der Waals surface area contributed by atoms with Crippen LogP contribution >= 0.6 is 0 Å². The van der Waals surface area contributed by atoms with Crippen molar-refractivity contribution in [2.75, 3.05) is 0 Å². The van der Waals surface area contributed by atoms with Crippen molar-refractivity contribution in [1.82, 2.24) is 14.1 Å². The van der Waals surface area contributed by atoms with Gasteiger partial charge >= 0.3 is 0 Å². The van der Waals surface area contributed by atoms with Gasteiger partial charge in [0.1, 0.15) is 0 Å². The fraction of sp³-hybridized carbons (Fsp3) is 0.0625. The topological polar surface area (TPSA) is 46.5 Å². The van der Waals surface area contributed by atoms with E-state index in [4.69, 9.17) is 4.98 Å². The lowest BCUT2D eigenvalue weighted by Crippen LogP contribution is -2.05. The van der Waals surface area contributed by atoms with Crippen molar-refractivity contribution in [3.63, 3.8) is 0 Å². The minimum atomic E-state index is 0.592. The van der Waals surface area contributed by atoms with Gasteiger partial charge < -0.3 is 9.13 Å². The summed E-state index contributed by atoms with van der Waals surface area (Å²) >= 11 is 0. The fourth-order valence-electron chi connectivity index (χ4n) is 10.4. The van der Waals surface area contributed by atoms with Crippen molar-refractivity contribution in [3.05, 3.63) is 234 Å². The Bertz CT molecular complexity index is 3610. The van der Waals surface area contributed by atoms with Crippen LogP contribution in [0.5, 0.6) is 0 Å². The molecule has 0 radical (unpaired) electrons. The first-order valence-corrected chi connectivity index (χ1v) is 23.2. The number of benzene rings is 9. The van der Waals surface area contributed by atoms with E-state index in [0.717, 1.165) is 88.4 Å². The molecule has 0 fully saturated rings. The summed E-state index contributed by atoms with van der Waals surface area (Å²) in [5, 5.41) is 15.4. The van der Waals surface area contributed by atoms with Crippen LogP contribution in [-0.2, 0) is 0 Å². The van der Waals surface area contributed by atoms with Crippen LogP contribution < -0.4 is 0 Å². The molecule has 0 aliphatic rings. The molecule has 0 atom stereocenters. The first-order valence-electron chi connectivity index (χ1n) is 23.2. The van der Waals surface area contributed by atoms with Gasteiger partial charge in [-0.15, -0.1) is 0 Å². The second kappa shape index (κ2) is 16.3. The first kappa shape index (κ1) is 40.7. The molecule has 4 heteroatoms. The Hall–Kier alpha value is -8.78. The van der Waals surface area contributed by atoms with Gasteiger partial charge in [0, 0.05) is 32.7 Å². The quantitative estimate of drug-likeness (QED) is 0.160. The third-order valence-corrected chi connectivity index (χ3v) is 13.6. The Morgan fingerprint density at radius 2 is 0.676 bits per heavy atom.